The van der Waals surface area contributed by atoms with Crippen LogP contribution in [0, 0.1) is 0 Å². The van der Waals surface area contributed by atoms with Gasteiger partial charge in [0.05, 0.1) is 11.2 Å². The molecule has 1 N–H and O–H groups in total. The number of nitrogens with zero attached hydrogens (tertiary/aromatic N) is 1. The molecule has 5 aromatic rings. The summed E-state index contributed by atoms with van der Waals surface area (Å²) in [5.74, 6) is 0. The van der Waals surface area contributed by atoms with Crippen molar-refractivity contribution in [2.24, 2.45) is 0 Å². The van der Waals surface area contributed by atoms with Gasteiger partial charge < -0.3 is 9.88 Å². The third kappa shape index (κ3) is 2.09. The Balaban J connectivity index is 1.87. The Hall–Kier alpha value is -3.78. The lowest BCUT2D eigenvalue weighted by molar-refractivity contribution is 1.14. The predicted molar refractivity (Wildman–Crippen MR) is 117 cm³/mol. The minimum Gasteiger partial charge on any atom is -0.354 e. The molecule has 0 unspecified atom stereocenters. The highest BCUT2D eigenvalue weighted by molar-refractivity contribution is 6.11. The van der Waals surface area contributed by atoms with Crippen LogP contribution in [-0.2, 0) is 0 Å². The number of hydrogen-bond donors (Lipinski definition) is 1. The summed E-state index contributed by atoms with van der Waals surface area (Å²) in [6.07, 6.45) is 0. The molecule has 0 spiro atoms. The quantitative estimate of drug-likeness (QED) is 0.334. The zero-order valence-electron chi connectivity index (χ0n) is 15.3. The average Bonchev–Trinajstić information content (AvgIpc) is 3.02. The first kappa shape index (κ1) is 15.3. The van der Waals surface area contributed by atoms with Crippen LogP contribution in [0.25, 0.3) is 39.0 Å². The first-order valence-electron chi connectivity index (χ1n) is 9.56. The molecule has 0 atom stereocenters. The van der Waals surface area contributed by atoms with E-state index in [1.165, 1.54) is 39.0 Å². The molecule has 28 heavy (non-hydrogen) atoms. The van der Waals surface area contributed by atoms with Gasteiger partial charge in [0.2, 0.25) is 0 Å². The van der Waals surface area contributed by atoms with E-state index < -0.39 is 0 Å². The van der Waals surface area contributed by atoms with Crippen LogP contribution in [-0.4, -0.2) is 4.57 Å². The van der Waals surface area contributed by atoms with E-state index in [-0.39, 0.29) is 0 Å². The molecule has 2 nitrogen and oxygen atoms in total. The average molecular weight is 358 g/mol. The maximum absolute atomic E-state index is 3.67. The summed E-state index contributed by atoms with van der Waals surface area (Å²) < 4.78 is 2.40. The summed E-state index contributed by atoms with van der Waals surface area (Å²) in [6.45, 7) is 0. The zero-order valence-corrected chi connectivity index (χ0v) is 15.3. The van der Waals surface area contributed by atoms with Crippen LogP contribution in [0.1, 0.15) is 0 Å². The largest absolute Gasteiger partial charge is 0.354 e. The standard InChI is InChI=1S/C26H18N2/c1-2-10-18(11-3-1)28-24-17-9-6-14-21(24)25-19-12-4-7-15-22(19)27-23-16-8-5-13-20(23)26(25)28/h1-17,27H. The van der Waals surface area contributed by atoms with Crippen molar-refractivity contribution in [3.8, 4) is 28.1 Å². The van der Waals surface area contributed by atoms with Crippen molar-refractivity contribution in [2.45, 2.75) is 0 Å². The highest BCUT2D eigenvalue weighted by Crippen LogP contribution is 2.49. The summed E-state index contributed by atoms with van der Waals surface area (Å²) >= 11 is 0. The van der Waals surface area contributed by atoms with Gasteiger partial charge in [-0.3, -0.25) is 0 Å². The molecular formula is C26H18N2. The Kier molecular flexibility index (Phi) is 3.20. The first-order valence-corrected chi connectivity index (χ1v) is 9.56. The topological polar surface area (TPSA) is 17.0 Å². The Morgan fingerprint density at radius 1 is 0.536 bits per heavy atom. The van der Waals surface area contributed by atoms with Gasteiger partial charge in [-0.1, -0.05) is 72.8 Å². The van der Waals surface area contributed by atoms with Gasteiger partial charge >= 0.3 is 0 Å². The van der Waals surface area contributed by atoms with Gasteiger partial charge in [0, 0.05) is 39.1 Å². The number of para-hydroxylation sites is 4. The van der Waals surface area contributed by atoms with Crippen LogP contribution in [0.4, 0.5) is 11.4 Å². The second-order valence-corrected chi connectivity index (χ2v) is 7.13. The van der Waals surface area contributed by atoms with Crippen LogP contribution < -0.4 is 5.32 Å². The number of aromatic nitrogens is 1. The second kappa shape index (κ2) is 5.86. The third-order valence-corrected chi connectivity index (χ3v) is 5.54. The van der Waals surface area contributed by atoms with Crippen LogP contribution >= 0.6 is 0 Å². The number of benzene rings is 4. The van der Waals surface area contributed by atoms with E-state index in [0.29, 0.717) is 0 Å². The van der Waals surface area contributed by atoms with E-state index in [0.717, 1.165) is 11.4 Å². The fourth-order valence-corrected chi connectivity index (χ4v) is 4.37. The fraction of sp³-hybridized carbons (Fsp3) is 0. The highest BCUT2D eigenvalue weighted by Gasteiger charge is 2.26. The minimum absolute atomic E-state index is 1.13. The van der Waals surface area contributed by atoms with Gasteiger partial charge in [0.1, 0.15) is 0 Å². The van der Waals surface area contributed by atoms with Crippen LogP contribution in [0.2, 0.25) is 0 Å². The molecule has 2 heteroatoms. The Bertz CT molecular complexity index is 1330. The summed E-state index contributed by atoms with van der Waals surface area (Å²) in [5, 5.41) is 4.94. The number of nitrogens with one attached hydrogen (secondary N) is 1. The Morgan fingerprint density at radius 2 is 1.14 bits per heavy atom. The molecule has 1 aliphatic heterocycles. The van der Waals surface area contributed by atoms with Crippen LogP contribution in [0.15, 0.2) is 103 Å². The molecule has 0 aliphatic carbocycles. The Morgan fingerprint density at radius 3 is 1.96 bits per heavy atom. The van der Waals surface area contributed by atoms with Gasteiger partial charge in [0.25, 0.3) is 0 Å². The predicted octanol–water partition coefficient (Wildman–Crippen LogP) is 7.02. The number of fused-ring (bicyclic) bond motifs is 7. The summed E-state index contributed by atoms with van der Waals surface area (Å²) in [7, 11) is 0. The third-order valence-electron chi connectivity index (χ3n) is 5.54. The molecule has 2 heterocycles. The van der Waals surface area contributed by atoms with Crippen molar-refractivity contribution in [2.75, 3.05) is 5.32 Å². The van der Waals surface area contributed by atoms with E-state index in [4.69, 9.17) is 0 Å². The number of anilines is 2. The van der Waals surface area contributed by atoms with Gasteiger partial charge in [-0.2, -0.15) is 0 Å². The van der Waals surface area contributed by atoms with Gasteiger partial charge in [0.15, 0.2) is 0 Å². The van der Waals surface area contributed by atoms with Crippen molar-refractivity contribution in [1.82, 2.24) is 4.57 Å². The molecule has 0 saturated carbocycles. The summed E-state index contributed by atoms with van der Waals surface area (Å²) in [6, 6.07) is 36.5. The smallest absolute Gasteiger partial charge is 0.0641 e. The lowest BCUT2D eigenvalue weighted by Gasteiger charge is -2.14. The molecule has 4 aromatic carbocycles. The van der Waals surface area contributed by atoms with Gasteiger partial charge in [-0.25, -0.2) is 0 Å². The van der Waals surface area contributed by atoms with E-state index >= 15 is 0 Å². The molecule has 6 rings (SSSR count). The van der Waals surface area contributed by atoms with E-state index in [1.54, 1.807) is 0 Å². The molecular weight excluding hydrogens is 340 g/mol. The van der Waals surface area contributed by atoms with Crippen LogP contribution in [0.5, 0.6) is 0 Å². The van der Waals surface area contributed by atoms with Crippen molar-refractivity contribution in [1.29, 1.82) is 0 Å². The van der Waals surface area contributed by atoms with E-state index in [9.17, 15) is 0 Å². The summed E-state index contributed by atoms with van der Waals surface area (Å²) in [4.78, 5) is 0. The fourth-order valence-electron chi connectivity index (χ4n) is 4.37. The van der Waals surface area contributed by atoms with E-state index in [2.05, 4.69) is 113 Å². The monoisotopic (exact) mass is 358 g/mol. The highest BCUT2D eigenvalue weighted by atomic mass is 15.0. The van der Waals surface area contributed by atoms with Crippen molar-refractivity contribution in [3.63, 3.8) is 0 Å². The van der Waals surface area contributed by atoms with Crippen molar-refractivity contribution in [3.05, 3.63) is 103 Å². The molecule has 0 bridgehead atoms. The normalized spacial score (nSPS) is 11.9. The number of hydrogen-bond acceptors (Lipinski definition) is 1. The molecule has 0 saturated heterocycles. The maximum Gasteiger partial charge on any atom is 0.0641 e. The van der Waals surface area contributed by atoms with Crippen molar-refractivity contribution >= 4 is 22.3 Å². The molecule has 0 fully saturated rings. The molecule has 1 aliphatic rings. The Labute approximate surface area is 163 Å². The lowest BCUT2D eigenvalue weighted by atomic mass is 9.98. The zero-order chi connectivity index (χ0) is 18.5. The maximum atomic E-state index is 3.67. The molecule has 1 aromatic heterocycles. The van der Waals surface area contributed by atoms with Gasteiger partial charge in [-0.05, 0) is 30.3 Å². The van der Waals surface area contributed by atoms with Crippen LogP contribution in [0.3, 0.4) is 0 Å². The molecule has 132 valence electrons. The number of rotatable bonds is 1. The SMILES string of the molecule is c1ccc(-n2c3c(c4ccccc42)-c2ccccc2Nc2ccccc2-3)cc1. The lowest BCUT2D eigenvalue weighted by Crippen LogP contribution is -1.98. The second-order valence-electron chi connectivity index (χ2n) is 7.13. The molecule has 0 radical (unpaired) electrons. The van der Waals surface area contributed by atoms with Crippen molar-refractivity contribution < 1.29 is 0 Å². The summed E-state index contributed by atoms with van der Waals surface area (Å²) in [5.41, 5.74) is 9.65. The first-order chi connectivity index (χ1) is 13.9. The van der Waals surface area contributed by atoms with E-state index in [1.807, 2.05) is 0 Å². The minimum atomic E-state index is 1.13. The molecule has 0 amide bonds. The van der Waals surface area contributed by atoms with Gasteiger partial charge in [-0.15, -0.1) is 0 Å².